The van der Waals surface area contributed by atoms with Crippen LogP contribution in [0.5, 0.6) is 0 Å². The van der Waals surface area contributed by atoms with Gasteiger partial charge in [-0.2, -0.15) is 0 Å². The van der Waals surface area contributed by atoms with Crippen molar-refractivity contribution >= 4 is 16.9 Å². The van der Waals surface area contributed by atoms with E-state index in [1.807, 2.05) is 31.2 Å². The summed E-state index contributed by atoms with van der Waals surface area (Å²) < 4.78 is 2.40. The maximum absolute atomic E-state index is 12.2. The van der Waals surface area contributed by atoms with E-state index < -0.39 is 0 Å². The van der Waals surface area contributed by atoms with Gasteiger partial charge in [-0.1, -0.05) is 66.6 Å². The zero-order valence-electron chi connectivity index (χ0n) is 19.5. The van der Waals surface area contributed by atoms with E-state index in [0.717, 1.165) is 61.7 Å². The van der Waals surface area contributed by atoms with Crippen molar-refractivity contribution in [3.8, 4) is 0 Å². The molecule has 4 heteroatoms. The highest BCUT2D eigenvalue weighted by molar-refractivity contribution is 5.94. The molecule has 0 saturated heterocycles. The molecular formula is C29H33N3O. The highest BCUT2D eigenvalue weighted by Crippen LogP contribution is 2.19. The summed E-state index contributed by atoms with van der Waals surface area (Å²) in [5.41, 5.74) is 5.59. The van der Waals surface area contributed by atoms with Gasteiger partial charge in [0.05, 0.1) is 11.0 Å². The number of nitrogens with one attached hydrogen (secondary N) is 1. The van der Waals surface area contributed by atoms with Crippen LogP contribution in [-0.2, 0) is 19.4 Å². The number of imidazole rings is 1. The summed E-state index contributed by atoms with van der Waals surface area (Å²) in [5, 5.41) is 3.03. The maximum atomic E-state index is 12.2. The molecule has 1 aromatic heterocycles. The fourth-order valence-corrected chi connectivity index (χ4v) is 4.25. The average molecular weight is 440 g/mol. The Bertz CT molecular complexity index is 1160. The van der Waals surface area contributed by atoms with E-state index in [4.69, 9.17) is 4.98 Å². The zero-order valence-corrected chi connectivity index (χ0v) is 19.5. The number of unbranched alkanes of at least 4 members (excludes halogenated alkanes) is 2. The van der Waals surface area contributed by atoms with Crippen LogP contribution >= 0.6 is 0 Å². The summed E-state index contributed by atoms with van der Waals surface area (Å²) in [6, 6.07) is 26.8. The number of aryl methyl sites for hydroxylation is 4. The minimum absolute atomic E-state index is 0.00945. The van der Waals surface area contributed by atoms with Crippen molar-refractivity contribution in [3.63, 3.8) is 0 Å². The monoisotopic (exact) mass is 439 g/mol. The zero-order chi connectivity index (χ0) is 22.9. The Balaban J connectivity index is 1.26. The molecule has 1 amide bonds. The molecule has 0 saturated carbocycles. The summed E-state index contributed by atoms with van der Waals surface area (Å²) in [4.78, 5) is 17.2. The van der Waals surface area contributed by atoms with Gasteiger partial charge in [0.2, 0.25) is 0 Å². The lowest BCUT2D eigenvalue weighted by molar-refractivity contribution is 0.0953. The normalized spacial score (nSPS) is 11.1. The summed E-state index contributed by atoms with van der Waals surface area (Å²) in [5.74, 6) is 1.18. The van der Waals surface area contributed by atoms with Crippen molar-refractivity contribution in [1.29, 1.82) is 0 Å². The molecule has 1 heterocycles. The fourth-order valence-electron chi connectivity index (χ4n) is 4.25. The molecule has 0 aliphatic heterocycles. The average Bonchev–Trinajstić information content (AvgIpc) is 3.19. The number of benzene rings is 3. The number of amides is 1. The lowest BCUT2D eigenvalue weighted by Crippen LogP contribution is -2.24. The minimum Gasteiger partial charge on any atom is -0.352 e. The third-order valence-corrected chi connectivity index (χ3v) is 6.10. The van der Waals surface area contributed by atoms with Gasteiger partial charge in [0.15, 0.2) is 0 Å². The first kappa shape index (κ1) is 22.8. The number of fused-ring (bicyclic) bond motifs is 1. The van der Waals surface area contributed by atoms with Crippen molar-refractivity contribution in [3.05, 3.63) is 101 Å². The van der Waals surface area contributed by atoms with Gasteiger partial charge in [-0.15, -0.1) is 0 Å². The summed E-state index contributed by atoms with van der Waals surface area (Å²) in [6.45, 7) is 3.72. The van der Waals surface area contributed by atoms with Gasteiger partial charge in [0, 0.05) is 25.1 Å². The molecule has 0 aliphatic rings. The predicted molar refractivity (Wildman–Crippen MR) is 136 cm³/mol. The van der Waals surface area contributed by atoms with Gasteiger partial charge >= 0.3 is 0 Å². The van der Waals surface area contributed by atoms with Crippen LogP contribution in [0, 0.1) is 6.92 Å². The van der Waals surface area contributed by atoms with Crippen LogP contribution < -0.4 is 5.32 Å². The molecule has 33 heavy (non-hydrogen) atoms. The van der Waals surface area contributed by atoms with Crippen LogP contribution in [0.2, 0.25) is 0 Å². The Labute approximate surface area is 196 Å². The minimum atomic E-state index is 0.00945. The summed E-state index contributed by atoms with van der Waals surface area (Å²) >= 11 is 0. The molecule has 0 atom stereocenters. The third kappa shape index (κ3) is 6.32. The molecular weight excluding hydrogens is 406 g/mol. The quantitative estimate of drug-likeness (QED) is 0.286. The van der Waals surface area contributed by atoms with Crippen molar-refractivity contribution in [2.45, 2.75) is 52.0 Å². The van der Waals surface area contributed by atoms with Gasteiger partial charge in [-0.3, -0.25) is 4.79 Å². The second-order valence-electron chi connectivity index (χ2n) is 8.69. The van der Waals surface area contributed by atoms with E-state index in [0.29, 0.717) is 6.54 Å². The molecule has 170 valence electrons. The van der Waals surface area contributed by atoms with E-state index in [1.54, 1.807) is 0 Å². The van der Waals surface area contributed by atoms with Crippen LogP contribution in [0.15, 0.2) is 78.9 Å². The van der Waals surface area contributed by atoms with Gasteiger partial charge in [0.1, 0.15) is 5.82 Å². The number of aromatic nitrogens is 2. The first-order valence-electron chi connectivity index (χ1n) is 12.0. The van der Waals surface area contributed by atoms with Crippen molar-refractivity contribution in [2.75, 3.05) is 6.54 Å². The number of hydrogen-bond donors (Lipinski definition) is 1. The number of rotatable bonds is 11. The predicted octanol–water partition coefficient (Wildman–Crippen LogP) is 6.12. The van der Waals surface area contributed by atoms with E-state index in [9.17, 15) is 4.79 Å². The number of nitrogens with zero attached hydrogens (tertiary/aromatic N) is 2. The van der Waals surface area contributed by atoms with Gasteiger partial charge in [-0.05, 0) is 62.4 Å². The van der Waals surface area contributed by atoms with Crippen LogP contribution in [0.4, 0.5) is 0 Å². The largest absolute Gasteiger partial charge is 0.352 e. The fraction of sp³-hybridized carbons (Fsp3) is 0.310. The van der Waals surface area contributed by atoms with E-state index in [1.165, 1.54) is 16.9 Å². The SMILES string of the molecule is Cc1ccc(C(=O)NCCCCCc2nc3ccccc3n2CCCc2ccccc2)cc1. The van der Waals surface area contributed by atoms with Crippen LogP contribution in [0.25, 0.3) is 11.0 Å². The molecule has 0 unspecified atom stereocenters. The van der Waals surface area contributed by atoms with Crippen molar-refractivity contribution < 1.29 is 4.79 Å². The Morgan fingerprint density at radius 1 is 0.818 bits per heavy atom. The molecule has 1 N–H and O–H groups in total. The number of hydrogen-bond acceptors (Lipinski definition) is 2. The molecule has 0 bridgehead atoms. The van der Waals surface area contributed by atoms with Gasteiger partial charge in [-0.25, -0.2) is 4.98 Å². The highest BCUT2D eigenvalue weighted by Gasteiger charge is 2.10. The maximum Gasteiger partial charge on any atom is 0.251 e. The smallest absolute Gasteiger partial charge is 0.251 e. The molecule has 0 spiro atoms. The second-order valence-corrected chi connectivity index (χ2v) is 8.69. The van der Waals surface area contributed by atoms with E-state index >= 15 is 0 Å². The highest BCUT2D eigenvalue weighted by atomic mass is 16.1. The Hall–Kier alpha value is -3.40. The number of carbonyl (C=O) groups is 1. The Morgan fingerprint density at radius 2 is 1.58 bits per heavy atom. The van der Waals surface area contributed by atoms with Crippen molar-refractivity contribution in [1.82, 2.24) is 14.9 Å². The number of carbonyl (C=O) groups excluding carboxylic acids is 1. The van der Waals surface area contributed by atoms with E-state index in [-0.39, 0.29) is 5.91 Å². The van der Waals surface area contributed by atoms with E-state index in [2.05, 4.69) is 64.5 Å². The molecule has 0 aliphatic carbocycles. The number of para-hydroxylation sites is 2. The lowest BCUT2D eigenvalue weighted by atomic mass is 10.1. The standard InChI is InChI=1S/C29H33N3O/c1-23-17-19-25(20-18-23)29(33)30-21-9-3-6-16-28-31-26-14-7-8-15-27(26)32(28)22-10-13-24-11-4-2-5-12-24/h2,4-5,7-8,11-12,14-15,17-20H,3,6,9-10,13,16,21-22H2,1H3,(H,30,33). The van der Waals surface area contributed by atoms with Gasteiger partial charge < -0.3 is 9.88 Å². The second kappa shape index (κ2) is 11.5. The summed E-state index contributed by atoms with van der Waals surface area (Å²) in [7, 11) is 0. The van der Waals surface area contributed by atoms with Crippen LogP contribution in [0.3, 0.4) is 0 Å². The summed E-state index contributed by atoms with van der Waals surface area (Å²) in [6.07, 6.45) is 6.26. The Morgan fingerprint density at radius 3 is 2.39 bits per heavy atom. The lowest BCUT2D eigenvalue weighted by Gasteiger charge is -2.10. The Kier molecular flexibility index (Phi) is 7.91. The first-order valence-corrected chi connectivity index (χ1v) is 12.0. The molecule has 4 rings (SSSR count). The molecule has 4 aromatic rings. The molecule has 4 nitrogen and oxygen atoms in total. The molecule has 3 aromatic carbocycles. The first-order chi connectivity index (χ1) is 16.2. The van der Waals surface area contributed by atoms with Crippen molar-refractivity contribution in [2.24, 2.45) is 0 Å². The van der Waals surface area contributed by atoms with Crippen LogP contribution in [-0.4, -0.2) is 22.0 Å². The molecule has 0 radical (unpaired) electrons. The topological polar surface area (TPSA) is 46.9 Å². The van der Waals surface area contributed by atoms with Gasteiger partial charge in [0.25, 0.3) is 5.91 Å². The molecule has 0 fully saturated rings. The van der Waals surface area contributed by atoms with Crippen LogP contribution in [0.1, 0.15) is 53.0 Å². The third-order valence-electron chi connectivity index (χ3n) is 6.10.